The summed E-state index contributed by atoms with van der Waals surface area (Å²) in [5, 5.41) is 54.6. The summed E-state index contributed by atoms with van der Waals surface area (Å²) in [7, 11) is 0. The molecule has 1 rings (SSSR count). The van der Waals surface area contributed by atoms with Crippen molar-refractivity contribution in [3.8, 4) is 0 Å². The molecule has 0 aromatic rings. The topological polar surface area (TPSA) is 149 Å². The minimum atomic E-state index is -1.58. The first kappa shape index (κ1) is 73.6. The van der Waals surface area contributed by atoms with E-state index in [0.717, 1.165) is 57.8 Å². The second-order valence-electron chi connectivity index (χ2n) is 22.9. The first-order valence-electron chi connectivity index (χ1n) is 33.2. The van der Waals surface area contributed by atoms with Gasteiger partial charge in [-0.1, -0.05) is 286 Å². The molecule has 6 N–H and O–H groups in total. The van der Waals surface area contributed by atoms with E-state index < -0.39 is 49.5 Å². The van der Waals surface area contributed by atoms with Gasteiger partial charge in [0.25, 0.3) is 0 Å². The second kappa shape index (κ2) is 57.8. The Hall–Kier alpha value is -2.37. The fraction of sp³-hybridized carbons (Fsp3) is 0.812. The molecule has 0 spiro atoms. The first-order chi connectivity index (χ1) is 38.3. The minimum Gasteiger partial charge on any atom is -0.394 e. The minimum absolute atomic E-state index is 0.188. The first-order valence-corrected chi connectivity index (χ1v) is 33.2. The molecule has 1 saturated heterocycles. The number of carbonyl (C=O) groups excluding carboxylic acids is 1. The maximum atomic E-state index is 13.1. The standard InChI is InChI=1S/C69H125NO8/c1-3-5-7-9-11-13-15-17-19-21-23-25-26-27-28-29-30-31-32-33-34-35-36-37-38-39-41-43-45-47-49-51-53-55-57-59-65(73)70-62(61-77-69-68(76)67(75)66(74)64(60-71)78-69)63(72)58-56-54-52-50-48-46-44-42-40-24-22-20-18-16-14-12-10-8-6-4-2/h15,17,21,23,26-27,40,42,48,50,56,58,62-64,66-69,71-72,74-76H,3-14,16,18-20,22,24-25,28-39,41,43-47,49,51-55,57,59-61H2,1-2H3,(H,70,73)/b17-15-,23-21-,27-26-,42-40+,50-48+,58-56+. The fourth-order valence-electron chi connectivity index (χ4n) is 10.3. The lowest BCUT2D eigenvalue weighted by Crippen LogP contribution is -2.60. The highest BCUT2D eigenvalue weighted by molar-refractivity contribution is 5.76. The lowest BCUT2D eigenvalue weighted by atomic mass is 9.99. The van der Waals surface area contributed by atoms with E-state index in [0.29, 0.717) is 6.42 Å². The number of hydrogen-bond donors (Lipinski definition) is 6. The highest BCUT2D eigenvalue weighted by Gasteiger charge is 2.44. The van der Waals surface area contributed by atoms with Gasteiger partial charge in [0.1, 0.15) is 24.4 Å². The maximum absolute atomic E-state index is 13.1. The number of carbonyl (C=O) groups is 1. The molecule has 1 fully saturated rings. The molecule has 454 valence electrons. The lowest BCUT2D eigenvalue weighted by molar-refractivity contribution is -0.302. The van der Waals surface area contributed by atoms with Crippen molar-refractivity contribution in [3.05, 3.63) is 72.9 Å². The van der Waals surface area contributed by atoms with Gasteiger partial charge < -0.3 is 40.3 Å². The van der Waals surface area contributed by atoms with Crippen molar-refractivity contribution < 1.29 is 39.8 Å². The van der Waals surface area contributed by atoms with Crippen LogP contribution in [-0.2, 0) is 14.3 Å². The van der Waals surface area contributed by atoms with Crippen LogP contribution in [0.1, 0.15) is 303 Å². The summed E-state index contributed by atoms with van der Waals surface area (Å²) >= 11 is 0. The number of aliphatic hydroxyl groups is 5. The van der Waals surface area contributed by atoms with Crippen molar-refractivity contribution in [3.63, 3.8) is 0 Å². The Morgan fingerprint density at radius 3 is 1.17 bits per heavy atom. The van der Waals surface area contributed by atoms with Crippen LogP contribution in [-0.4, -0.2) is 87.5 Å². The molecule has 0 aliphatic carbocycles. The number of allylic oxidation sites excluding steroid dienone is 11. The molecule has 0 saturated carbocycles. The molecule has 1 aliphatic rings. The Bertz CT molecular complexity index is 1460. The number of ether oxygens (including phenoxy) is 2. The third kappa shape index (κ3) is 46.3. The van der Waals surface area contributed by atoms with Gasteiger partial charge in [-0.15, -0.1) is 0 Å². The molecular weight excluding hydrogens is 971 g/mol. The van der Waals surface area contributed by atoms with Gasteiger partial charge in [-0.25, -0.2) is 0 Å². The number of aliphatic hydroxyl groups excluding tert-OH is 5. The van der Waals surface area contributed by atoms with Crippen molar-refractivity contribution in [2.75, 3.05) is 13.2 Å². The van der Waals surface area contributed by atoms with E-state index in [1.165, 1.54) is 225 Å². The predicted molar refractivity (Wildman–Crippen MR) is 332 cm³/mol. The van der Waals surface area contributed by atoms with Crippen LogP contribution in [0.2, 0.25) is 0 Å². The molecule has 0 aromatic heterocycles. The number of rotatable bonds is 57. The predicted octanol–water partition coefficient (Wildman–Crippen LogP) is 17.6. The van der Waals surface area contributed by atoms with E-state index >= 15 is 0 Å². The van der Waals surface area contributed by atoms with E-state index in [4.69, 9.17) is 9.47 Å². The van der Waals surface area contributed by atoms with Crippen LogP contribution in [0.3, 0.4) is 0 Å². The van der Waals surface area contributed by atoms with E-state index in [-0.39, 0.29) is 12.5 Å². The molecule has 78 heavy (non-hydrogen) atoms. The monoisotopic (exact) mass is 1100 g/mol. The molecule has 0 radical (unpaired) electrons. The van der Waals surface area contributed by atoms with Gasteiger partial charge in [0.05, 0.1) is 25.4 Å². The second-order valence-corrected chi connectivity index (χ2v) is 22.9. The van der Waals surface area contributed by atoms with Gasteiger partial charge in [0.15, 0.2) is 6.29 Å². The van der Waals surface area contributed by atoms with Crippen LogP contribution in [0.15, 0.2) is 72.9 Å². The van der Waals surface area contributed by atoms with Gasteiger partial charge in [-0.2, -0.15) is 0 Å². The van der Waals surface area contributed by atoms with Gasteiger partial charge in [-0.3, -0.25) is 4.79 Å². The van der Waals surface area contributed by atoms with Gasteiger partial charge in [0.2, 0.25) is 5.91 Å². The van der Waals surface area contributed by atoms with Crippen LogP contribution in [0.25, 0.3) is 0 Å². The molecular formula is C69H125NO8. The summed E-state index contributed by atoms with van der Waals surface area (Å²) < 4.78 is 11.3. The lowest BCUT2D eigenvalue weighted by Gasteiger charge is -2.40. The average Bonchev–Trinajstić information content (AvgIpc) is 3.45. The highest BCUT2D eigenvalue weighted by Crippen LogP contribution is 2.23. The quantitative estimate of drug-likeness (QED) is 0.0261. The molecule has 9 heteroatoms. The third-order valence-corrected chi connectivity index (χ3v) is 15.5. The Morgan fingerprint density at radius 2 is 0.769 bits per heavy atom. The molecule has 0 aromatic carbocycles. The van der Waals surface area contributed by atoms with E-state index in [9.17, 15) is 30.3 Å². The van der Waals surface area contributed by atoms with E-state index in [2.05, 4.69) is 79.9 Å². The largest absolute Gasteiger partial charge is 0.394 e. The van der Waals surface area contributed by atoms with Crippen molar-refractivity contribution in [1.82, 2.24) is 5.32 Å². The molecule has 1 amide bonds. The zero-order chi connectivity index (χ0) is 56.5. The van der Waals surface area contributed by atoms with Crippen molar-refractivity contribution >= 4 is 5.91 Å². The summed E-state index contributed by atoms with van der Waals surface area (Å²) in [6.45, 7) is 3.77. The summed E-state index contributed by atoms with van der Waals surface area (Å²) in [6.07, 6.45) is 74.3. The molecule has 7 unspecified atom stereocenters. The Morgan fingerprint density at radius 1 is 0.436 bits per heavy atom. The van der Waals surface area contributed by atoms with Gasteiger partial charge in [0, 0.05) is 6.42 Å². The third-order valence-electron chi connectivity index (χ3n) is 15.5. The Balaban J connectivity index is 2.14. The van der Waals surface area contributed by atoms with Gasteiger partial charge >= 0.3 is 0 Å². The zero-order valence-corrected chi connectivity index (χ0v) is 50.7. The van der Waals surface area contributed by atoms with Gasteiger partial charge in [-0.05, 0) is 83.5 Å². The SMILES string of the molecule is CCCCCCC/C=C\C/C=C\C/C=C\CCCCCCCCCCCCCCCCCCCCCCC(=O)NC(COC1OC(CO)C(O)C(O)C1O)C(O)/C=C/CC/C=C/CC/C=C/CCCCCCCCCCCC. The van der Waals surface area contributed by atoms with Crippen LogP contribution in [0.4, 0.5) is 0 Å². The van der Waals surface area contributed by atoms with Crippen LogP contribution >= 0.6 is 0 Å². The summed E-state index contributed by atoms with van der Waals surface area (Å²) in [6, 6.07) is -0.831. The number of nitrogens with one attached hydrogen (secondary N) is 1. The molecule has 7 atom stereocenters. The summed E-state index contributed by atoms with van der Waals surface area (Å²) in [5.74, 6) is -0.188. The molecule has 1 aliphatic heterocycles. The average molecular weight is 1100 g/mol. The van der Waals surface area contributed by atoms with Crippen LogP contribution in [0.5, 0.6) is 0 Å². The van der Waals surface area contributed by atoms with E-state index in [1.807, 2.05) is 6.08 Å². The molecule has 0 bridgehead atoms. The van der Waals surface area contributed by atoms with E-state index in [1.54, 1.807) is 6.08 Å². The zero-order valence-electron chi connectivity index (χ0n) is 50.7. The Kier molecular flexibility index (Phi) is 54.6. The van der Waals surface area contributed by atoms with Crippen LogP contribution in [0, 0.1) is 0 Å². The molecule has 1 heterocycles. The van der Waals surface area contributed by atoms with Crippen molar-refractivity contribution in [2.24, 2.45) is 0 Å². The maximum Gasteiger partial charge on any atom is 0.220 e. The molecule has 9 nitrogen and oxygen atoms in total. The Labute approximate surface area is 480 Å². The van der Waals surface area contributed by atoms with Crippen LogP contribution < -0.4 is 5.32 Å². The highest BCUT2D eigenvalue weighted by atomic mass is 16.7. The van der Waals surface area contributed by atoms with Crippen molar-refractivity contribution in [2.45, 2.75) is 346 Å². The number of amides is 1. The van der Waals surface area contributed by atoms with Crippen molar-refractivity contribution in [1.29, 1.82) is 0 Å². The smallest absolute Gasteiger partial charge is 0.220 e. The number of hydrogen-bond acceptors (Lipinski definition) is 8. The normalized spacial score (nSPS) is 19.1. The summed E-state index contributed by atoms with van der Waals surface area (Å²) in [5.41, 5.74) is 0. The summed E-state index contributed by atoms with van der Waals surface area (Å²) in [4.78, 5) is 13.1. The number of unbranched alkanes of at least 4 members (excludes halogenated alkanes) is 37. The fourth-order valence-corrected chi connectivity index (χ4v) is 10.3.